The summed E-state index contributed by atoms with van der Waals surface area (Å²) in [4.78, 5) is 29.1. The van der Waals surface area contributed by atoms with Gasteiger partial charge in [0, 0.05) is 51.1 Å². The van der Waals surface area contributed by atoms with Gasteiger partial charge in [0.15, 0.2) is 0 Å². The molecule has 0 fully saturated rings. The largest absolute Gasteiger partial charge is 0.491 e. The van der Waals surface area contributed by atoms with E-state index >= 15 is 0 Å². The number of nitrogens with zero attached hydrogens (tertiary/aromatic N) is 2. The van der Waals surface area contributed by atoms with Gasteiger partial charge in [-0.05, 0) is 45.9 Å². The molecule has 1 aliphatic rings. The summed E-state index contributed by atoms with van der Waals surface area (Å²) in [5.74, 6) is 0.568. The monoisotopic (exact) mass is 420 g/mol. The SMILES string of the molecule is CO[C@@H]1CN(C)C(=O)c2ccc(NC(=O)NC(C)C)cc2OC[C@H](C)N(C)C[C@H]1C. The summed E-state index contributed by atoms with van der Waals surface area (Å²) in [7, 11) is 5.52. The maximum Gasteiger partial charge on any atom is 0.319 e. The number of methoxy groups -OCH3 is 1. The molecule has 0 aromatic heterocycles. The molecule has 168 valence electrons. The van der Waals surface area contributed by atoms with Crippen molar-refractivity contribution < 1.29 is 19.1 Å². The van der Waals surface area contributed by atoms with Crippen LogP contribution in [0.4, 0.5) is 10.5 Å². The fourth-order valence-corrected chi connectivity index (χ4v) is 3.46. The first kappa shape index (κ1) is 24.0. The van der Waals surface area contributed by atoms with Crippen molar-refractivity contribution in [2.24, 2.45) is 5.92 Å². The van der Waals surface area contributed by atoms with Gasteiger partial charge in [0.25, 0.3) is 5.91 Å². The average molecular weight is 421 g/mol. The first-order valence-electron chi connectivity index (χ1n) is 10.4. The minimum absolute atomic E-state index is 0.0215. The van der Waals surface area contributed by atoms with Crippen LogP contribution >= 0.6 is 0 Å². The van der Waals surface area contributed by atoms with E-state index in [-0.39, 0.29) is 36.0 Å². The topological polar surface area (TPSA) is 83.1 Å². The van der Waals surface area contributed by atoms with Crippen LogP contribution in [0.3, 0.4) is 0 Å². The van der Waals surface area contributed by atoms with Gasteiger partial charge in [-0.3, -0.25) is 9.69 Å². The number of rotatable bonds is 3. The molecule has 0 saturated heterocycles. The lowest BCUT2D eigenvalue weighted by Gasteiger charge is -2.34. The van der Waals surface area contributed by atoms with E-state index in [1.54, 1.807) is 37.3 Å². The minimum atomic E-state index is -0.299. The van der Waals surface area contributed by atoms with E-state index in [1.165, 1.54) is 0 Å². The normalized spacial score (nSPS) is 23.8. The first-order valence-corrected chi connectivity index (χ1v) is 10.4. The molecule has 1 aliphatic heterocycles. The lowest BCUT2D eigenvalue weighted by Crippen LogP contribution is -2.45. The maximum atomic E-state index is 13.1. The summed E-state index contributed by atoms with van der Waals surface area (Å²) in [5, 5.41) is 5.58. The number of hydrogen-bond donors (Lipinski definition) is 2. The van der Waals surface area contributed by atoms with Crippen molar-refractivity contribution in [1.82, 2.24) is 15.1 Å². The van der Waals surface area contributed by atoms with Crippen molar-refractivity contribution in [3.63, 3.8) is 0 Å². The quantitative estimate of drug-likeness (QED) is 0.786. The summed E-state index contributed by atoms with van der Waals surface area (Å²) in [6.45, 7) is 9.74. The number of fused-ring (bicyclic) bond motifs is 1. The van der Waals surface area contributed by atoms with Gasteiger partial charge < -0.3 is 25.0 Å². The summed E-state index contributed by atoms with van der Waals surface area (Å²) in [6, 6.07) is 4.98. The Bertz CT molecular complexity index is 740. The van der Waals surface area contributed by atoms with Gasteiger partial charge in [-0.25, -0.2) is 4.79 Å². The molecule has 8 heteroatoms. The van der Waals surface area contributed by atoms with Crippen LogP contribution in [0.25, 0.3) is 0 Å². The Morgan fingerprint density at radius 1 is 1.23 bits per heavy atom. The van der Waals surface area contributed by atoms with Gasteiger partial charge in [-0.2, -0.15) is 0 Å². The van der Waals surface area contributed by atoms with E-state index in [0.717, 1.165) is 6.54 Å². The van der Waals surface area contributed by atoms with E-state index in [9.17, 15) is 9.59 Å². The van der Waals surface area contributed by atoms with Gasteiger partial charge in [0.05, 0.1) is 11.7 Å². The van der Waals surface area contributed by atoms with Crippen LogP contribution in [0.1, 0.15) is 38.1 Å². The molecular weight excluding hydrogens is 384 g/mol. The molecule has 8 nitrogen and oxygen atoms in total. The standard InChI is InChI=1S/C22H36N4O4/c1-14(2)23-22(28)24-17-8-9-18-19(10-17)30-13-16(4)25(5)11-15(3)20(29-7)12-26(6)21(18)27/h8-10,14-16,20H,11-13H2,1-7H3,(H2,23,24,28)/t15-,16+,20-/m1/s1. The number of hydrogen-bond acceptors (Lipinski definition) is 5. The van der Waals surface area contributed by atoms with Crippen LogP contribution in [0.2, 0.25) is 0 Å². The molecule has 0 spiro atoms. The molecule has 2 rings (SSSR count). The third-order valence-electron chi connectivity index (χ3n) is 5.44. The fraction of sp³-hybridized carbons (Fsp3) is 0.636. The number of nitrogens with one attached hydrogen (secondary N) is 2. The Labute approximate surface area is 179 Å². The van der Waals surface area contributed by atoms with Gasteiger partial charge in [-0.1, -0.05) is 6.92 Å². The predicted molar refractivity (Wildman–Crippen MR) is 118 cm³/mol. The van der Waals surface area contributed by atoms with Crippen molar-refractivity contribution in [2.45, 2.75) is 45.9 Å². The van der Waals surface area contributed by atoms with Crippen LogP contribution in [0.5, 0.6) is 5.75 Å². The van der Waals surface area contributed by atoms with Crippen molar-refractivity contribution >= 4 is 17.6 Å². The minimum Gasteiger partial charge on any atom is -0.491 e. The van der Waals surface area contributed by atoms with Crippen LogP contribution < -0.4 is 15.4 Å². The van der Waals surface area contributed by atoms with Crippen LogP contribution in [0, 0.1) is 5.92 Å². The number of carbonyl (C=O) groups is 2. The Kier molecular flexibility index (Phi) is 8.49. The van der Waals surface area contributed by atoms with Crippen molar-refractivity contribution in [3.05, 3.63) is 23.8 Å². The third-order valence-corrected chi connectivity index (χ3v) is 5.44. The van der Waals surface area contributed by atoms with E-state index in [1.807, 2.05) is 13.8 Å². The molecule has 0 saturated carbocycles. The second kappa shape index (κ2) is 10.6. The molecule has 1 heterocycles. The number of benzene rings is 1. The van der Waals surface area contributed by atoms with Gasteiger partial charge >= 0.3 is 6.03 Å². The molecule has 0 aliphatic carbocycles. The summed E-state index contributed by atoms with van der Waals surface area (Å²) < 4.78 is 11.7. The number of ether oxygens (including phenoxy) is 2. The number of urea groups is 1. The molecule has 1 aromatic rings. The highest BCUT2D eigenvalue weighted by Crippen LogP contribution is 2.26. The molecular formula is C22H36N4O4. The second-order valence-electron chi connectivity index (χ2n) is 8.50. The van der Waals surface area contributed by atoms with Crippen molar-refractivity contribution in [3.8, 4) is 5.75 Å². The van der Waals surface area contributed by atoms with Crippen LogP contribution in [-0.2, 0) is 4.74 Å². The van der Waals surface area contributed by atoms with E-state index in [4.69, 9.17) is 9.47 Å². The Morgan fingerprint density at radius 3 is 2.57 bits per heavy atom. The van der Waals surface area contributed by atoms with E-state index in [0.29, 0.717) is 30.2 Å². The highest BCUT2D eigenvalue weighted by molar-refractivity contribution is 5.98. The van der Waals surface area contributed by atoms with Crippen LogP contribution in [0.15, 0.2) is 18.2 Å². The van der Waals surface area contributed by atoms with Crippen LogP contribution in [-0.4, -0.2) is 80.8 Å². The maximum absolute atomic E-state index is 13.1. The number of carbonyl (C=O) groups excluding carboxylic acids is 2. The fourth-order valence-electron chi connectivity index (χ4n) is 3.46. The number of anilines is 1. The van der Waals surface area contributed by atoms with Gasteiger partial charge in [0.2, 0.25) is 0 Å². The van der Waals surface area contributed by atoms with Gasteiger partial charge in [0.1, 0.15) is 12.4 Å². The van der Waals surface area contributed by atoms with E-state index < -0.39 is 0 Å². The molecule has 3 amide bonds. The van der Waals surface area contributed by atoms with Gasteiger partial charge in [-0.15, -0.1) is 0 Å². The smallest absolute Gasteiger partial charge is 0.319 e. The number of amides is 3. The average Bonchev–Trinajstić information content (AvgIpc) is 2.67. The summed E-state index contributed by atoms with van der Waals surface area (Å²) in [6.07, 6.45) is -0.0712. The second-order valence-corrected chi connectivity index (χ2v) is 8.50. The zero-order chi connectivity index (χ0) is 22.4. The molecule has 2 N–H and O–H groups in total. The molecule has 3 atom stereocenters. The van der Waals surface area contributed by atoms with Crippen molar-refractivity contribution in [1.29, 1.82) is 0 Å². The third kappa shape index (κ3) is 6.34. The molecule has 0 bridgehead atoms. The van der Waals surface area contributed by atoms with E-state index in [2.05, 4.69) is 36.4 Å². The highest BCUT2D eigenvalue weighted by atomic mass is 16.5. The zero-order valence-electron chi connectivity index (χ0n) is 19.2. The highest BCUT2D eigenvalue weighted by Gasteiger charge is 2.27. The summed E-state index contributed by atoms with van der Waals surface area (Å²) in [5.41, 5.74) is 1.03. The zero-order valence-corrected chi connectivity index (χ0v) is 19.2. The summed E-state index contributed by atoms with van der Waals surface area (Å²) >= 11 is 0. The number of likely N-dealkylation sites (N-methyl/N-ethyl adjacent to an activating group) is 2. The van der Waals surface area contributed by atoms with Crippen molar-refractivity contribution in [2.75, 3.05) is 46.2 Å². The molecule has 1 aromatic carbocycles. The lowest BCUT2D eigenvalue weighted by molar-refractivity contribution is 0.0150. The molecule has 30 heavy (non-hydrogen) atoms. The molecule has 0 unspecified atom stereocenters. The predicted octanol–water partition coefficient (Wildman–Crippen LogP) is 2.65. The Morgan fingerprint density at radius 2 is 1.93 bits per heavy atom. The Balaban J connectivity index is 2.34. The molecule has 0 radical (unpaired) electrons. The Hall–Kier alpha value is -2.32. The first-order chi connectivity index (χ1) is 14.1. The lowest BCUT2D eigenvalue weighted by atomic mass is 10.0.